The Balaban J connectivity index is 1.62. The molecule has 34 heavy (non-hydrogen) atoms. The lowest BCUT2D eigenvalue weighted by Gasteiger charge is -2.42. The van der Waals surface area contributed by atoms with E-state index in [0.29, 0.717) is 18.7 Å². The lowest BCUT2D eigenvalue weighted by molar-refractivity contribution is -0.258. The second-order valence-electron chi connectivity index (χ2n) is 8.32. The first-order valence-electron chi connectivity index (χ1n) is 10.6. The quantitative estimate of drug-likeness (QED) is 0.541. The third kappa shape index (κ3) is 4.83. The molecule has 11 heteroatoms. The van der Waals surface area contributed by atoms with Gasteiger partial charge in [-0.15, -0.1) is 11.3 Å². The molecule has 2 aromatic heterocycles. The predicted octanol–water partition coefficient (Wildman–Crippen LogP) is 4.04. The number of piperazine rings is 1. The highest BCUT2D eigenvalue weighted by Gasteiger charge is 2.51. The maximum atomic E-state index is 13.2. The zero-order valence-corrected chi connectivity index (χ0v) is 19.9. The van der Waals surface area contributed by atoms with E-state index in [-0.39, 0.29) is 28.9 Å². The van der Waals surface area contributed by atoms with E-state index in [0.717, 1.165) is 23.8 Å². The molecule has 0 bridgehead atoms. The number of aromatic nitrogens is 1. The van der Waals surface area contributed by atoms with Gasteiger partial charge in [-0.2, -0.15) is 17.5 Å². The summed E-state index contributed by atoms with van der Waals surface area (Å²) in [5.74, 6) is 0. The van der Waals surface area contributed by atoms with E-state index in [1.807, 2.05) is 17.0 Å². The number of halogens is 3. The lowest BCUT2D eigenvalue weighted by Crippen LogP contribution is -2.55. The maximum Gasteiger partial charge on any atom is 0.421 e. The Morgan fingerprint density at radius 1 is 1.09 bits per heavy atom. The first kappa shape index (κ1) is 24.6. The Morgan fingerprint density at radius 3 is 2.35 bits per heavy atom. The van der Waals surface area contributed by atoms with Gasteiger partial charge in [0.05, 0.1) is 0 Å². The molecule has 1 N–H and O–H groups in total. The third-order valence-electron chi connectivity index (χ3n) is 6.07. The van der Waals surface area contributed by atoms with Crippen molar-refractivity contribution in [3.63, 3.8) is 0 Å². The van der Waals surface area contributed by atoms with Gasteiger partial charge in [0.1, 0.15) is 4.21 Å². The largest absolute Gasteiger partial charge is 0.421 e. The second kappa shape index (κ2) is 9.29. The molecule has 0 amide bonds. The fraction of sp³-hybridized carbons (Fsp3) is 0.348. The number of benzene rings is 1. The molecule has 1 saturated heterocycles. The van der Waals surface area contributed by atoms with Crippen LogP contribution in [0.2, 0.25) is 0 Å². The van der Waals surface area contributed by atoms with Gasteiger partial charge in [0.25, 0.3) is 10.0 Å². The fourth-order valence-electron chi connectivity index (χ4n) is 4.03. The zero-order valence-electron chi connectivity index (χ0n) is 18.3. The van der Waals surface area contributed by atoms with E-state index in [9.17, 15) is 26.7 Å². The smallest absolute Gasteiger partial charge is 0.376 e. The number of aliphatic hydroxyl groups is 1. The van der Waals surface area contributed by atoms with Gasteiger partial charge >= 0.3 is 6.18 Å². The highest BCUT2D eigenvalue weighted by Crippen LogP contribution is 2.39. The van der Waals surface area contributed by atoms with Crippen LogP contribution >= 0.6 is 11.3 Å². The molecule has 1 aliphatic rings. The van der Waals surface area contributed by atoms with E-state index in [4.69, 9.17) is 0 Å². The van der Waals surface area contributed by atoms with E-state index in [1.165, 1.54) is 16.4 Å². The fourth-order valence-corrected chi connectivity index (χ4v) is 6.64. The van der Waals surface area contributed by atoms with Crippen LogP contribution in [0.3, 0.4) is 0 Å². The molecule has 1 fully saturated rings. The average molecular weight is 512 g/mol. The Kier molecular flexibility index (Phi) is 6.74. The topological polar surface area (TPSA) is 73.7 Å². The van der Waals surface area contributed by atoms with Crippen LogP contribution < -0.4 is 4.90 Å². The van der Waals surface area contributed by atoms with E-state index < -0.39 is 21.8 Å². The normalized spacial score (nSPS) is 19.7. The van der Waals surface area contributed by atoms with Crippen molar-refractivity contribution in [1.82, 2.24) is 9.29 Å². The van der Waals surface area contributed by atoms with Crippen molar-refractivity contribution in [2.24, 2.45) is 0 Å². The van der Waals surface area contributed by atoms with Crippen molar-refractivity contribution in [3.05, 3.63) is 77.4 Å². The first-order valence-corrected chi connectivity index (χ1v) is 12.9. The highest BCUT2D eigenvalue weighted by molar-refractivity contribution is 7.91. The number of anilines is 1. The molecule has 0 spiro atoms. The number of rotatable bonds is 6. The minimum atomic E-state index is -4.81. The van der Waals surface area contributed by atoms with Crippen molar-refractivity contribution in [2.45, 2.75) is 35.4 Å². The van der Waals surface area contributed by atoms with Crippen LogP contribution in [0.1, 0.15) is 18.1 Å². The molecule has 3 aromatic rings. The molecule has 182 valence electrons. The number of hydrogen-bond acceptors (Lipinski definition) is 6. The summed E-state index contributed by atoms with van der Waals surface area (Å²) < 4.78 is 67.6. The molecule has 0 unspecified atom stereocenters. The molecule has 1 aliphatic heterocycles. The summed E-state index contributed by atoms with van der Waals surface area (Å²) in [6.45, 7) is 1.57. The van der Waals surface area contributed by atoms with Crippen molar-refractivity contribution >= 4 is 27.0 Å². The Morgan fingerprint density at radius 2 is 1.76 bits per heavy atom. The van der Waals surface area contributed by atoms with Gasteiger partial charge in [0, 0.05) is 43.8 Å². The third-order valence-corrected chi connectivity index (χ3v) is 9.31. The molecule has 3 heterocycles. The van der Waals surface area contributed by atoms with Gasteiger partial charge in [-0.1, -0.05) is 18.2 Å². The molecular weight excluding hydrogens is 487 g/mol. The summed E-state index contributed by atoms with van der Waals surface area (Å²) in [6.07, 6.45) is -0.950. The summed E-state index contributed by atoms with van der Waals surface area (Å²) in [6, 6.07) is 12.3. The molecule has 0 radical (unpaired) electrons. The molecule has 1 aromatic carbocycles. The van der Waals surface area contributed by atoms with Crippen molar-refractivity contribution in [1.29, 1.82) is 0 Å². The molecule has 0 aliphatic carbocycles. The highest BCUT2D eigenvalue weighted by atomic mass is 32.2. The van der Waals surface area contributed by atoms with Crippen LogP contribution in [-0.4, -0.2) is 54.7 Å². The Bertz CT molecular complexity index is 1200. The van der Waals surface area contributed by atoms with E-state index in [2.05, 4.69) is 4.98 Å². The number of alkyl halides is 3. The molecule has 0 saturated carbocycles. The minimum absolute atomic E-state index is 0.227. The van der Waals surface area contributed by atoms with Gasteiger partial charge < -0.3 is 10.0 Å². The van der Waals surface area contributed by atoms with Crippen LogP contribution in [-0.2, 0) is 22.0 Å². The maximum absolute atomic E-state index is 13.2. The summed E-state index contributed by atoms with van der Waals surface area (Å²) in [5.41, 5.74) is -1.59. The van der Waals surface area contributed by atoms with Crippen LogP contribution in [0.4, 0.5) is 18.9 Å². The van der Waals surface area contributed by atoms with Gasteiger partial charge in [-0.05, 0) is 60.2 Å². The van der Waals surface area contributed by atoms with Crippen LogP contribution in [0.25, 0.3) is 0 Å². The average Bonchev–Trinajstić information content (AvgIpc) is 3.35. The predicted molar refractivity (Wildman–Crippen MR) is 124 cm³/mol. The number of sulfonamides is 1. The van der Waals surface area contributed by atoms with Gasteiger partial charge in [0.15, 0.2) is 5.60 Å². The molecular formula is C23H24F3N3O3S2. The molecule has 4 rings (SSSR count). The summed E-state index contributed by atoms with van der Waals surface area (Å²) in [7, 11) is -3.64. The zero-order chi connectivity index (χ0) is 24.6. The molecule has 6 nitrogen and oxygen atoms in total. The number of thiophene rings is 1. The summed E-state index contributed by atoms with van der Waals surface area (Å²) in [4.78, 5) is 6.03. The van der Waals surface area contributed by atoms with Gasteiger partial charge in [-0.25, -0.2) is 8.42 Å². The van der Waals surface area contributed by atoms with Crippen molar-refractivity contribution < 1.29 is 26.7 Å². The SMILES string of the molecule is C[C@](O)(c1ccc(N2CCN(S(=O)(=O)c3cccs3)C[C@H]2Cc2ccncc2)cc1)C(F)(F)F. The summed E-state index contributed by atoms with van der Waals surface area (Å²) in [5, 5.41) is 11.7. The van der Waals surface area contributed by atoms with Crippen LogP contribution in [0.5, 0.6) is 0 Å². The summed E-state index contributed by atoms with van der Waals surface area (Å²) >= 11 is 1.16. The van der Waals surface area contributed by atoms with Crippen LogP contribution in [0.15, 0.2) is 70.5 Å². The van der Waals surface area contributed by atoms with Gasteiger partial charge in [-0.3, -0.25) is 4.98 Å². The number of pyridine rings is 1. The van der Waals surface area contributed by atoms with Gasteiger partial charge in [0.2, 0.25) is 0 Å². The standard InChI is InChI=1S/C23H24F3N3O3S2/c1-22(30,23(24,25)26)18-4-6-19(7-5-18)29-13-12-28(34(31,32)21-3-2-14-33-21)16-20(29)15-17-8-10-27-11-9-17/h2-11,14,20,30H,12-13,15-16H2,1H3/t20-,22+/m1/s1. The number of nitrogens with zero attached hydrogens (tertiary/aromatic N) is 3. The van der Waals surface area contributed by atoms with Crippen molar-refractivity contribution in [2.75, 3.05) is 24.5 Å². The van der Waals surface area contributed by atoms with Crippen molar-refractivity contribution in [3.8, 4) is 0 Å². The van der Waals surface area contributed by atoms with E-state index >= 15 is 0 Å². The first-order chi connectivity index (χ1) is 16.0. The Hall–Kier alpha value is -2.47. The minimum Gasteiger partial charge on any atom is -0.376 e. The second-order valence-corrected chi connectivity index (χ2v) is 11.4. The molecule has 2 atom stereocenters. The van der Waals surface area contributed by atoms with Crippen LogP contribution in [0, 0.1) is 0 Å². The Labute approximate surface area is 200 Å². The number of hydrogen-bond donors (Lipinski definition) is 1. The lowest BCUT2D eigenvalue weighted by atomic mass is 9.94. The monoisotopic (exact) mass is 511 g/mol. The van der Waals surface area contributed by atoms with E-state index in [1.54, 1.807) is 42.0 Å².